The van der Waals surface area contributed by atoms with E-state index in [0.717, 1.165) is 11.1 Å². The van der Waals surface area contributed by atoms with E-state index in [1.54, 1.807) is 6.20 Å². The van der Waals surface area contributed by atoms with Gasteiger partial charge >= 0.3 is 0 Å². The zero-order valence-corrected chi connectivity index (χ0v) is 17.9. The fourth-order valence-electron chi connectivity index (χ4n) is 3.11. The normalized spacial score (nSPS) is 11.5. The lowest BCUT2D eigenvalue weighted by Gasteiger charge is -2.19. The van der Waals surface area contributed by atoms with Crippen LogP contribution in [0.15, 0.2) is 71.3 Å². The van der Waals surface area contributed by atoms with Crippen LogP contribution in [0.3, 0.4) is 0 Å². The van der Waals surface area contributed by atoms with E-state index < -0.39 is 0 Å². The number of hydrogen-bond acceptors (Lipinski definition) is 5. The zero-order valence-electron chi connectivity index (χ0n) is 17.9. The van der Waals surface area contributed by atoms with Gasteiger partial charge in [0.25, 0.3) is 5.91 Å². The lowest BCUT2D eigenvalue weighted by molar-refractivity contribution is -0.123. The first-order chi connectivity index (χ1) is 14.9. The van der Waals surface area contributed by atoms with Crippen molar-refractivity contribution in [1.82, 2.24) is 15.3 Å². The summed E-state index contributed by atoms with van der Waals surface area (Å²) in [7, 11) is 0. The second kappa shape index (κ2) is 8.60. The Hall–Kier alpha value is -3.67. The van der Waals surface area contributed by atoms with Crippen molar-refractivity contribution in [3.8, 4) is 17.2 Å². The van der Waals surface area contributed by atoms with Crippen molar-refractivity contribution in [3.63, 3.8) is 0 Å². The van der Waals surface area contributed by atoms with Gasteiger partial charge in [0.05, 0.1) is 0 Å². The molecule has 0 saturated heterocycles. The summed E-state index contributed by atoms with van der Waals surface area (Å²) in [5.74, 6) is 1.03. The molecule has 2 aromatic heterocycles. The highest BCUT2D eigenvalue weighted by Crippen LogP contribution is 2.25. The average Bonchev–Trinajstić information content (AvgIpc) is 3.20. The Bertz CT molecular complexity index is 1140. The van der Waals surface area contributed by atoms with Crippen LogP contribution in [0.5, 0.6) is 5.75 Å². The molecular weight excluding hydrogens is 390 g/mol. The summed E-state index contributed by atoms with van der Waals surface area (Å²) in [5.41, 5.74) is 4.38. The number of nitrogens with zero attached hydrogens (tertiary/aromatic N) is 2. The van der Waals surface area contributed by atoms with Crippen LogP contribution in [0, 0.1) is 0 Å². The number of hydrogen-bond donors (Lipinski definition) is 1. The van der Waals surface area contributed by atoms with Gasteiger partial charge in [-0.2, -0.15) is 4.98 Å². The molecule has 0 unspecified atom stereocenters. The molecule has 31 heavy (non-hydrogen) atoms. The molecule has 0 fully saturated rings. The second-order valence-electron chi connectivity index (χ2n) is 8.38. The number of nitrogens with one attached hydrogen (secondary N) is 1. The zero-order chi connectivity index (χ0) is 21.8. The maximum Gasteiger partial charge on any atom is 0.258 e. The topological polar surface area (TPSA) is 77.2 Å². The number of aromatic nitrogens is 2. The fraction of sp³-hybridized carbons (Fsp3) is 0.240. The number of ether oxygens (including phenoxy) is 1. The summed E-state index contributed by atoms with van der Waals surface area (Å²) in [6.45, 7) is 6.87. The molecule has 158 valence electrons. The predicted octanol–water partition coefficient (Wildman–Crippen LogP) is 4.88. The monoisotopic (exact) mass is 415 g/mol. The van der Waals surface area contributed by atoms with Crippen LogP contribution in [0.25, 0.3) is 22.7 Å². The molecule has 6 nitrogen and oxygen atoms in total. The van der Waals surface area contributed by atoms with Crippen LogP contribution in [-0.2, 0) is 16.8 Å². The molecule has 0 radical (unpaired) electrons. The van der Waals surface area contributed by atoms with E-state index in [1.807, 2.05) is 60.7 Å². The Morgan fingerprint density at radius 3 is 2.45 bits per heavy atom. The van der Waals surface area contributed by atoms with Gasteiger partial charge in [-0.25, -0.2) is 4.98 Å². The summed E-state index contributed by atoms with van der Waals surface area (Å²) in [6.07, 6.45) is 1.69. The Kier molecular flexibility index (Phi) is 5.71. The predicted molar refractivity (Wildman–Crippen MR) is 120 cm³/mol. The molecule has 4 aromatic rings. The molecule has 0 bridgehead atoms. The van der Waals surface area contributed by atoms with E-state index >= 15 is 0 Å². The Morgan fingerprint density at radius 2 is 1.77 bits per heavy atom. The molecule has 2 aromatic carbocycles. The van der Waals surface area contributed by atoms with Crippen LogP contribution >= 0.6 is 0 Å². The Morgan fingerprint density at radius 1 is 1.03 bits per heavy atom. The largest absolute Gasteiger partial charge is 0.484 e. The molecule has 1 amide bonds. The van der Waals surface area contributed by atoms with Crippen molar-refractivity contribution in [1.29, 1.82) is 0 Å². The highest BCUT2D eigenvalue weighted by molar-refractivity contribution is 5.77. The minimum Gasteiger partial charge on any atom is -0.484 e. The molecule has 0 saturated carbocycles. The summed E-state index contributed by atoms with van der Waals surface area (Å²) in [5, 5.41) is 2.87. The first-order valence-electron chi connectivity index (χ1n) is 10.2. The van der Waals surface area contributed by atoms with E-state index in [1.165, 1.54) is 5.56 Å². The molecule has 1 N–H and O–H groups in total. The smallest absolute Gasteiger partial charge is 0.258 e. The number of oxazole rings is 1. The number of fused-ring (bicyclic) bond motifs is 1. The van der Waals surface area contributed by atoms with Gasteiger partial charge in [-0.05, 0) is 52.9 Å². The third kappa shape index (κ3) is 5.09. The van der Waals surface area contributed by atoms with Crippen LogP contribution in [0.2, 0.25) is 0 Å². The summed E-state index contributed by atoms with van der Waals surface area (Å²) >= 11 is 0. The van der Waals surface area contributed by atoms with Gasteiger partial charge in [-0.1, -0.05) is 45.0 Å². The quantitative estimate of drug-likeness (QED) is 0.485. The minimum absolute atomic E-state index is 0.0249. The molecule has 4 rings (SSSR count). The van der Waals surface area contributed by atoms with Crippen molar-refractivity contribution < 1.29 is 13.9 Å². The summed E-state index contributed by atoms with van der Waals surface area (Å²) in [6, 6.07) is 19.2. The van der Waals surface area contributed by atoms with E-state index in [0.29, 0.717) is 29.4 Å². The molecular formula is C25H25N3O3. The van der Waals surface area contributed by atoms with Gasteiger partial charge < -0.3 is 14.5 Å². The molecule has 0 aliphatic rings. The lowest BCUT2D eigenvalue weighted by atomic mass is 9.87. The third-order valence-electron chi connectivity index (χ3n) is 4.95. The minimum atomic E-state index is -0.172. The Labute approximate surface area is 181 Å². The highest BCUT2D eigenvalue weighted by Gasteiger charge is 2.13. The molecule has 0 atom stereocenters. The van der Waals surface area contributed by atoms with Gasteiger partial charge in [0.2, 0.25) is 5.89 Å². The van der Waals surface area contributed by atoms with Crippen molar-refractivity contribution in [2.24, 2.45) is 0 Å². The van der Waals surface area contributed by atoms with Crippen molar-refractivity contribution in [2.45, 2.75) is 32.7 Å². The van der Waals surface area contributed by atoms with E-state index in [-0.39, 0.29) is 17.9 Å². The first kappa shape index (κ1) is 20.6. The van der Waals surface area contributed by atoms with Gasteiger partial charge in [0.15, 0.2) is 17.8 Å². The maximum atomic E-state index is 12.1. The van der Waals surface area contributed by atoms with Crippen molar-refractivity contribution in [3.05, 3.63) is 78.0 Å². The highest BCUT2D eigenvalue weighted by atomic mass is 16.5. The first-order valence-corrected chi connectivity index (χ1v) is 10.2. The van der Waals surface area contributed by atoms with E-state index in [9.17, 15) is 4.79 Å². The van der Waals surface area contributed by atoms with Gasteiger partial charge in [-0.15, -0.1) is 0 Å². The van der Waals surface area contributed by atoms with Gasteiger partial charge in [0.1, 0.15) is 5.75 Å². The number of carbonyl (C=O) groups is 1. The third-order valence-corrected chi connectivity index (χ3v) is 4.95. The number of pyridine rings is 1. The molecule has 0 aliphatic carbocycles. The SMILES string of the molecule is CC(C)(C)c1ccc(OCC(=O)NCc2ccc(-c3nc4ncccc4o3)cc2)cc1. The molecule has 0 aliphatic heterocycles. The van der Waals surface area contributed by atoms with E-state index in [2.05, 4.69) is 36.1 Å². The standard InChI is InChI=1S/C25H25N3O3/c1-25(2,3)19-10-12-20(13-11-19)30-16-22(29)27-15-17-6-8-18(9-7-17)24-28-23-21(31-24)5-4-14-26-23/h4-14H,15-16H2,1-3H3,(H,27,29). The van der Waals surface area contributed by atoms with Gasteiger partial charge in [0, 0.05) is 18.3 Å². The van der Waals surface area contributed by atoms with Crippen LogP contribution in [0.4, 0.5) is 0 Å². The van der Waals surface area contributed by atoms with Crippen molar-refractivity contribution in [2.75, 3.05) is 6.61 Å². The number of benzene rings is 2. The van der Waals surface area contributed by atoms with Crippen LogP contribution in [0.1, 0.15) is 31.9 Å². The Balaban J connectivity index is 1.28. The van der Waals surface area contributed by atoms with Crippen LogP contribution in [-0.4, -0.2) is 22.5 Å². The number of carbonyl (C=O) groups excluding carboxylic acids is 1. The van der Waals surface area contributed by atoms with E-state index in [4.69, 9.17) is 9.15 Å². The van der Waals surface area contributed by atoms with Crippen LogP contribution < -0.4 is 10.1 Å². The number of amides is 1. The summed E-state index contributed by atoms with van der Waals surface area (Å²) < 4.78 is 11.3. The van der Waals surface area contributed by atoms with Crippen molar-refractivity contribution >= 4 is 17.1 Å². The summed E-state index contributed by atoms with van der Waals surface area (Å²) in [4.78, 5) is 20.7. The maximum absolute atomic E-state index is 12.1. The molecule has 6 heteroatoms. The molecule has 2 heterocycles. The number of rotatable bonds is 6. The molecule has 0 spiro atoms. The lowest BCUT2D eigenvalue weighted by Crippen LogP contribution is -2.28. The fourth-order valence-corrected chi connectivity index (χ4v) is 3.11. The average molecular weight is 415 g/mol. The second-order valence-corrected chi connectivity index (χ2v) is 8.38. The van der Waals surface area contributed by atoms with Gasteiger partial charge in [-0.3, -0.25) is 4.79 Å².